The number of rotatable bonds is 6. The second-order valence-corrected chi connectivity index (χ2v) is 7.67. The van der Waals surface area contributed by atoms with Crippen molar-refractivity contribution >= 4 is 11.8 Å². The summed E-state index contributed by atoms with van der Waals surface area (Å²) in [6, 6.07) is 17.6. The summed E-state index contributed by atoms with van der Waals surface area (Å²) >= 11 is 0. The lowest BCUT2D eigenvalue weighted by Crippen LogP contribution is -2.39. The summed E-state index contributed by atoms with van der Waals surface area (Å²) in [5.74, 6) is 1.25. The van der Waals surface area contributed by atoms with Crippen LogP contribution in [0.4, 0.5) is 0 Å². The Hall–Kier alpha value is -2.62. The summed E-state index contributed by atoms with van der Waals surface area (Å²) in [4.78, 5) is 23.1. The molecule has 0 unspecified atom stereocenters. The molecule has 2 amide bonds. The maximum atomic E-state index is 12.2. The average molecular weight is 362 g/mol. The van der Waals surface area contributed by atoms with E-state index in [1.807, 2.05) is 0 Å². The minimum atomic E-state index is -0.0500. The van der Waals surface area contributed by atoms with E-state index >= 15 is 0 Å². The van der Waals surface area contributed by atoms with Crippen LogP contribution >= 0.6 is 0 Å². The van der Waals surface area contributed by atoms with Crippen LogP contribution in [0.25, 0.3) is 0 Å². The van der Waals surface area contributed by atoms with Crippen molar-refractivity contribution in [3.8, 4) is 0 Å². The SMILES string of the molecule is CC(=O)NCCCC(=O)NC[C@H]1CC2c3ccccc3C1c1ccccc12. The summed E-state index contributed by atoms with van der Waals surface area (Å²) in [5, 5.41) is 5.87. The number of amides is 2. The molecule has 27 heavy (non-hydrogen) atoms. The van der Waals surface area contributed by atoms with Crippen molar-refractivity contribution < 1.29 is 9.59 Å². The Bertz CT molecular complexity index is 813. The summed E-state index contributed by atoms with van der Waals surface area (Å²) in [5.41, 5.74) is 5.77. The van der Waals surface area contributed by atoms with Gasteiger partial charge >= 0.3 is 0 Å². The van der Waals surface area contributed by atoms with Crippen LogP contribution in [0.15, 0.2) is 48.5 Å². The van der Waals surface area contributed by atoms with Crippen molar-refractivity contribution in [2.45, 2.75) is 38.0 Å². The third-order valence-corrected chi connectivity index (χ3v) is 5.94. The number of carbonyl (C=O) groups is 2. The maximum Gasteiger partial charge on any atom is 0.220 e. The highest BCUT2D eigenvalue weighted by Crippen LogP contribution is 2.55. The van der Waals surface area contributed by atoms with Gasteiger partial charge in [0.2, 0.25) is 11.8 Å². The molecule has 0 radical (unpaired) electrons. The molecule has 0 spiro atoms. The predicted molar refractivity (Wildman–Crippen MR) is 106 cm³/mol. The minimum Gasteiger partial charge on any atom is -0.356 e. The zero-order valence-electron chi connectivity index (χ0n) is 15.7. The number of carbonyl (C=O) groups excluding carboxylic acids is 2. The van der Waals surface area contributed by atoms with Crippen LogP contribution in [0.3, 0.4) is 0 Å². The molecule has 4 nitrogen and oxygen atoms in total. The Balaban J connectivity index is 1.44. The van der Waals surface area contributed by atoms with Gasteiger partial charge in [0.05, 0.1) is 0 Å². The normalized spacial score (nSPS) is 21.9. The molecule has 2 bridgehead atoms. The van der Waals surface area contributed by atoms with Gasteiger partial charge in [0.1, 0.15) is 0 Å². The van der Waals surface area contributed by atoms with Gasteiger partial charge < -0.3 is 10.6 Å². The molecule has 2 aromatic carbocycles. The highest BCUT2D eigenvalue weighted by atomic mass is 16.2. The van der Waals surface area contributed by atoms with Crippen molar-refractivity contribution in [2.75, 3.05) is 13.1 Å². The standard InChI is InChI=1S/C23H26N2O2/c1-15(26)24-12-6-11-22(27)25-14-16-13-21-17-7-2-4-9-19(17)23(16)20-10-5-3-8-18(20)21/h2-5,7-10,16,21,23H,6,11-14H2,1H3,(H,24,26)(H,25,27)/t16-,21?,23?/m1/s1. The van der Waals surface area contributed by atoms with E-state index in [0.717, 1.165) is 6.42 Å². The van der Waals surface area contributed by atoms with Gasteiger partial charge in [-0.05, 0) is 41.0 Å². The van der Waals surface area contributed by atoms with Gasteiger partial charge in [0, 0.05) is 38.3 Å². The van der Waals surface area contributed by atoms with Gasteiger partial charge in [-0.2, -0.15) is 0 Å². The van der Waals surface area contributed by atoms with E-state index in [0.29, 0.717) is 43.7 Å². The van der Waals surface area contributed by atoms with Crippen molar-refractivity contribution in [2.24, 2.45) is 5.92 Å². The quantitative estimate of drug-likeness (QED) is 0.775. The van der Waals surface area contributed by atoms with E-state index in [4.69, 9.17) is 0 Å². The van der Waals surface area contributed by atoms with Crippen LogP contribution in [0, 0.1) is 5.92 Å². The molecule has 3 aliphatic rings. The zero-order chi connectivity index (χ0) is 18.8. The molecular formula is C23H26N2O2. The predicted octanol–water partition coefficient (Wildman–Crippen LogP) is 3.32. The lowest BCUT2D eigenvalue weighted by Gasteiger charge is -2.45. The highest BCUT2D eigenvalue weighted by Gasteiger charge is 2.42. The molecule has 0 heterocycles. The number of hydrogen-bond acceptors (Lipinski definition) is 2. The molecule has 1 atom stereocenters. The molecule has 0 saturated carbocycles. The van der Waals surface area contributed by atoms with Gasteiger partial charge in [-0.3, -0.25) is 9.59 Å². The molecule has 3 aliphatic carbocycles. The van der Waals surface area contributed by atoms with E-state index in [1.165, 1.54) is 29.2 Å². The minimum absolute atomic E-state index is 0.0500. The Kier molecular flexibility index (Phi) is 4.97. The van der Waals surface area contributed by atoms with E-state index in [9.17, 15) is 9.59 Å². The van der Waals surface area contributed by atoms with E-state index in [1.54, 1.807) is 0 Å². The van der Waals surface area contributed by atoms with Gasteiger partial charge in [0.25, 0.3) is 0 Å². The third-order valence-electron chi connectivity index (χ3n) is 5.94. The Morgan fingerprint density at radius 2 is 1.52 bits per heavy atom. The molecular weight excluding hydrogens is 336 g/mol. The highest BCUT2D eigenvalue weighted by molar-refractivity contribution is 5.76. The van der Waals surface area contributed by atoms with E-state index in [-0.39, 0.29) is 11.8 Å². The Morgan fingerprint density at radius 3 is 2.11 bits per heavy atom. The summed E-state index contributed by atoms with van der Waals surface area (Å²) in [6.45, 7) is 2.76. The summed E-state index contributed by atoms with van der Waals surface area (Å²) < 4.78 is 0. The first-order valence-corrected chi connectivity index (χ1v) is 9.84. The van der Waals surface area contributed by atoms with Gasteiger partial charge in [-0.1, -0.05) is 48.5 Å². The molecule has 2 aromatic rings. The van der Waals surface area contributed by atoms with Crippen LogP contribution in [-0.4, -0.2) is 24.9 Å². The summed E-state index contributed by atoms with van der Waals surface area (Å²) in [7, 11) is 0. The molecule has 0 aliphatic heterocycles. The number of hydrogen-bond donors (Lipinski definition) is 2. The number of nitrogens with one attached hydrogen (secondary N) is 2. The fraction of sp³-hybridized carbons (Fsp3) is 0.391. The molecule has 5 rings (SSSR count). The molecule has 2 N–H and O–H groups in total. The zero-order valence-corrected chi connectivity index (χ0v) is 15.7. The lowest BCUT2D eigenvalue weighted by molar-refractivity contribution is -0.122. The fourth-order valence-corrected chi connectivity index (χ4v) is 4.81. The van der Waals surface area contributed by atoms with Crippen molar-refractivity contribution in [3.05, 3.63) is 70.8 Å². The molecule has 0 fully saturated rings. The first kappa shape index (κ1) is 17.8. The van der Waals surface area contributed by atoms with Gasteiger partial charge in [-0.15, -0.1) is 0 Å². The molecule has 0 saturated heterocycles. The number of fused-ring (bicyclic) bond motifs is 1. The Labute approximate surface area is 160 Å². The lowest BCUT2D eigenvalue weighted by atomic mass is 9.59. The van der Waals surface area contributed by atoms with Gasteiger partial charge in [0.15, 0.2) is 0 Å². The maximum absolute atomic E-state index is 12.2. The topological polar surface area (TPSA) is 58.2 Å². The van der Waals surface area contributed by atoms with E-state index < -0.39 is 0 Å². The summed E-state index contributed by atoms with van der Waals surface area (Å²) in [6.07, 6.45) is 2.22. The first-order valence-electron chi connectivity index (χ1n) is 9.84. The largest absolute Gasteiger partial charge is 0.356 e. The molecule has 0 aromatic heterocycles. The fourth-order valence-electron chi connectivity index (χ4n) is 4.81. The molecule has 4 heteroatoms. The van der Waals surface area contributed by atoms with Crippen LogP contribution in [0.2, 0.25) is 0 Å². The smallest absolute Gasteiger partial charge is 0.220 e. The van der Waals surface area contributed by atoms with E-state index in [2.05, 4.69) is 59.2 Å². The monoisotopic (exact) mass is 362 g/mol. The van der Waals surface area contributed by atoms with Crippen molar-refractivity contribution in [1.82, 2.24) is 10.6 Å². The van der Waals surface area contributed by atoms with Crippen molar-refractivity contribution in [3.63, 3.8) is 0 Å². The second kappa shape index (κ2) is 7.55. The van der Waals surface area contributed by atoms with Gasteiger partial charge in [-0.25, -0.2) is 0 Å². The van der Waals surface area contributed by atoms with Crippen LogP contribution in [-0.2, 0) is 9.59 Å². The molecule has 140 valence electrons. The Morgan fingerprint density at radius 1 is 0.926 bits per heavy atom. The second-order valence-electron chi connectivity index (χ2n) is 7.67. The average Bonchev–Trinajstić information content (AvgIpc) is 2.69. The van der Waals surface area contributed by atoms with Crippen molar-refractivity contribution in [1.29, 1.82) is 0 Å². The van der Waals surface area contributed by atoms with Crippen LogP contribution < -0.4 is 10.6 Å². The van der Waals surface area contributed by atoms with Crippen LogP contribution in [0.1, 0.15) is 60.3 Å². The van der Waals surface area contributed by atoms with Crippen LogP contribution in [0.5, 0.6) is 0 Å². The third kappa shape index (κ3) is 3.48. The first-order chi connectivity index (χ1) is 13.1. The number of benzene rings is 2.